The second-order valence-corrected chi connectivity index (χ2v) is 13.9. The summed E-state index contributed by atoms with van der Waals surface area (Å²) in [6.07, 6.45) is 4.75. The molecule has 3 aliphatic rings. The first-order chi connectivity index (χ1) is 24.6. The minimum atomic E-state index is -1.30. The molecule has 51 heavy (non-hydrogen) atoms. The van der Waals surface area contributed by atoms with Crippen molar-refractivity contribution in [3.05, 3.63) is 115 Å². The molecule has 6 rings (SSSR count). The van der Waals surface area contributed by atoms with Crippen LogP contribution < -0.4 is 14.5 Å². The molecule has 9 heteroatoms. The van der Waals surface area contributed by atoms with Gasteiger partial charge in [0.15, 0.2) is 0 Å². The van der Waals surface area contributed by atoms with Gasteiger partial charge in [-0.15, -0.1) is 13.2 Å². The predicted octanol–water partition coefficient (Wildman–Crippen LogP) is 6.33. The molecule has 3 fully saturated rings. The molecular weight excluding hydrogens is 642 g/mol. The number of carbonyl (C=O) groups is 3. The quantitative estimate of drug-likeness (QED) is 0.199. The normalized spacial score (nSPS) is 25.3. The number of aliphatic hydroxyl groups excluding tert-OH is 1. The Kier molecular flexibility index (Phi) is 10.2. The van der Waals surface area contributed by atoms with Crippen molar-refractivity contribution >= 4 is 29.1 Å². The molecule has 1 spiro atoms. The van der Waals surface area contributed by atoms with Gasteiger partial charge in [-0.2, -0.15) is 0 Å². The molecule has 0 saturated carbocycles. The smallest absolute Gasteiger partial charge is 0.253 e. The third-order valence-electron chi connectivity index (χ3n) is 11.1. The fourth-order valence-electron chi connectivity index (χ4n) is 8.78. The van der Waals surface area contributed by atoms with Gasteiger partial charge >= 0.3 is 0 Å². The van der Waals surface area contributed by atoms with Gasteiger partial charge in [0.2, 0.25) is 11.8 Å². The van der Waals surface area contributed by atoms with E-state index >= 15 is 14.4 Å². The summed E-state index contributed by atoms with van der Waals surface area (Å²) >= 11 is 0. The molecule has 0 aliphatic carbocycles. The molecular formula is C42H49N3O6. The van der Waals surface area contributed by atoms with Crippen LogP contribution in [-0.2, 0) is 19.1 Å². The van der Waals surface area contributed by atoms with Crippen LogP contribution in [0.1, 0.15) is 55.8 Å². The number of carbonyl (C=O) groups excluding carboxylic acids is 3. The first kappa shape index (κ1) is 36.1. The van der Waals surface area contributed by atoms with E-state index in [1.165, 1.54) is 4.90 Å². The van der Waals surface area contributed by atoms with Gasteiger partial charge in [-0.1, -0.05) is 61.5 Å². The highest BCUT2D eigenvalue weighted by atomic mass is 16.5. The lowest BCUT2D eigenvalue weighted by atomic mass is 9.64. The molecule has 2 bridgehead atoms. The lowest BCUT2D eigenvalue weighted by molar-refractivity contribution is -0.149. The molecule has 2 unspecified atom stereocenters. The van der Waals surface area contributed by atoms with E-state index in [1.807, 2.05) is 100 Å². The third kappa shape index (κ3) is 5.96. The SMILES string of the molecule is C=CCN(C(=O)[C@@H]1[C@H]2C(=O)N([C@H](CO)c3ccccc3)C(C(=O)N(CC=C)c3cc(C)ccc3C)C23CC[C@@]1(CC)O3)c1ccc(OCC)cc1. The number of fused-ring (bicyclic) bond motifs is 1. The number of anilines is 2. The second kappa shape index (κ2) is 14.5. The second-order valence-electron chi connectivity index (χ2n) is 13.9. The van der Waals surface area contributed by atoms with Gasteiger partial charge in [0.1, 0.15) is 17.4 Å². The maximum atomic E-state index is 15.3. The number of aryl methyl sites for hydroxylation is 2. The van der Waals surface area contributed by atoms with Gasteiger partial charge in [0.25, 0.3) is 5.91 Å². The number of likely N-dealkylation sites (tertiary alicyclic amines) is 1. The van der Waals surface area contributed by atoms with E-state index in [4.69, 9.17) is 9.47 Å². The molecule has 3 aliphatic heterocycles. The van der Waals surface area contributed by atoms with Crippen LogP contribution in [0.4, 0.5) is 11.4 Å². The first-order valence-corrected chi connectivity index (χ1v) is 17.9. The number of ether oxygens (including phenoxy) is 2. The van der Waals surface area contributed by atoms with Crippen molar-refractivity contribution in [3.8, 4) is 5.75 Å². The number of benzene rings is 3. The van der Waals surface area contributed by atoms with Gasteiger partial charge < -0.3 is 29.3 Å². The van der Waals surface area contributed by atoms with E-state index in [1.54, 1.807) is 22.0 Å². The molecule has 6 atom stereocenters. The van der Waals surface area contributed by atoms with Crippen LogP contribution in [-0.4, -0.2) is 71.3 Å². The Morgan fingerprint density at radius 1 is 0.980 bits per heavy atom. The summed E-state index contributed by atoms with van der Waals surface area (Å²) in [7, 11) is 0. The molecule has 0 radical (unpaired) electrons. The Bertz CT molecular complexity index is 1790. The molecule has 1 N–H and O–H groups in total. The van der Waals surface area contributed by atoms with Crippen molar-refractivity contribution in [3.63, 3.8) is 0 Å². The summed E-state index contributed by atoms with van der Waals surface area (Å²) in [6.45, 7) is 16.2. The van der Waals surface area contributed by atoms with Crippen LogP contribution in [0.2, 0.25) is 0 Å². The summed E-state index contributed by atoms with van der Waals surface area (Å²) in [5.74, 6) is -2.10. The number of hydrogen-bond acceptors (Lipinski definition) is 6. The van der Waals surface area contributed by atoms with Crippen LogP contribution in [0, 0.1) is 25.7 Å². The van der Waals surface area contributed by atoms with Crippen LogP contribution in [0.3, 0.4) is 0 Å². The van der Waals surface area contributed by atoms with Crippen LogP contribution in [0.5, 0.6) is 5.75 Å². The molecule has 9 nitrogen and oxygen atoms in total. The van der Waals surface area contributed by atoms with E-state index in [2.05, 4.69) is 13.2 Å². The summed E-state index contributed by atoms with van der Waals surface area (Å²) in [4.78, 5) is 50.5. The third-order valence-corrected chi connectivity index (χ3v) is 11.1. The van der Waals surface area contributed by atoms with E-state index in [-0.39, 0.29) is 30.8 Å². The Hall–Kier alpha value is -4.73. The fourth-order valence-corrected chi connectivity index (χ4v) is 8.78. The largest absolute Gasteiger partial charge is 0.494 e. The summed E-state index contributed by atoms with van der Waals surface area (Å²) in [6, 6.07) is 20.5. The molecule has 3 heterocycles. The van der Waals surface area contributed by atoms with E-state index in [0.29, 0.717) is 48.6 Å². The highest BCUT2D eigenvalue weighted by molar-refractivity contribution is 6.07. The highest BCUT2D eigenvalue weighted by Crippen LogP contribution is 2.65. The zero-order valence-electron chi connectivity index (χ0n) is 30.1. The highest BCUT2D eigenvalue weighted by Gasteiger charge is 2.79. The minimum Gasteiger partial charge on any atom is -0.494 e. The van der Waals surface area contributed by atoms with Crippen molar-refractivity contribution in [2.45, 2.75) is 70.2 Å². The monoisotopic (exact) mass is 691 g/mol. The molecule has 3 saturated heterocycles. The average Bonchev–Trinajstić information content (AvgIpc) is 3.75. The summed E-state index contributed by atoms with van der Waals surface area (Å²) in [5.41, 5.74) is 1.66. The minimum absolute atomic E-state index is 0.198. The maximum absolute atomic E-state index is 15.3. The number of hydrogen-bond donors (Lipinski definition) is 1. The van der Waals surface area contributed by atoms with Crippen molar-refractivity contribution in [1.29, 1.82) is 0 Å². The number of aliphatic hydroxyl groups is 1. The molecule has 3 amide bonds. The van der Waals surface area contributed by atoms with E-state index < -0.39 is 41.7 Å². The average molecular weight is 692 g/mol. The zero-order valence-corrected chi connectivity index (χ0v) is 30.1. The van der Waals surface area contributed by atoms with Crippen molar-refractivity contribution in [2.75, 3.05) is 36.1 Å². The van der Waals surface area contributed by atoms with Crippen LogP contribution in [0.15, 0.2) is 98.1 Å². The molecule has 3 aromatic carbocycles. The van der Waals surface area contributed by atoms with E-state index in [9.17, 15) is 5.11 Å². The van der Waals surface area contributed by atoms with E-state index in [0.717, 1.165) is 11.1 Å². The van der Waals surface area contributed by atoms with Crippen LogP contribution >= 0.6 is 0 Å². The van der Waals surface area contributed by atoms with Gasteiger partial charge in [0.05, 0.1) is 36.7 Å². The fraction of sp³-hybridized carbons (Fsp3) is 0.405. The Balaban J connectivity index is 1.51. The Labute approximate surface area is 301 Å². The molecule has 0 aromatic heterocycles. The van der Waals surface area contributed by atoms with Crippen molar-refractivity contribution in [2.24, 2.45) is 11.8 Å². The summed E-state index contributed by atoms with van der Waals surface area (Å²) in [5, 5.41) is 11.0. The lowest BCUT2D eigenvalue weighted by Crippen LogP contribution is -2.57. The Morgan fingerprint density at radius 3 is 2.29 bits per heavy atom. The maximum Gasteiger partial charge on any atom is 0.253 e. The lowest BCUT2D eigenvalue weighted by Gasteiger charge is -2.40. The van der Waals surface area contributed by atoms with Crippen LogP contribution in [0.25, 0.3) is 0 Å². The zero-order chi connectivity index (χ0) is 36.5. The number of nitrogens with zero attached hydrogens (tertiary/aromatic N) is 3. The van der Waals surface area contributed by atoms with Gasteiger partial charge in [-0.3, -0.25) is 14.4 Å². The van der Waals surface area contributed by atoms with Gasteiger partial charge in [-0.25, -0.2) is 0 Å². The van der Waals surface area contributed by atoms with Crippen molar-refractivity contribution < 1.29 is 29.0 Å². The van der Waals surface area contributed by atoms with Crippen molar-refractivity contribution in [1.82, 2.24) is 4.90 Å². The molecule has 3 aromatic rings. The topological polar surface area (TPSA) is 99.6 Å². The number of rotatable bonds is 14. The predicted molar refractivity (Wildman–Crippen MR) is 199 cm³/mol. The first-order valence-electron chi connectivity index (χ1n) is 17.9. The Morgan fingerprint density at radius 2 is 1.67 bits per heavy atom. The van der Waals surface area contributed by atoms with Gasteiger partial charge in [0, 0.05) is 24.5 Å². The summed E-state index contributed by atoms with van der Waals surface area (Å²) < 4.78 is 12.8. The van der Waals surface area contributed by atoms with Gasteiger partial charge in [-0.05, 0) is 87.1 Å². The molecule has 268 valence electrons. The standard InChI is InChI=1S/C42H49N3O6/c1-7-24-43(31-18-20-32(21-19-31)50-10-4)38(47)35-36-39(48)45(34(27-46)30-14-12-11-13-15-30)37(42(36)23-22-41(35,9-3)51-42)40(49)44(25-8-2)33-26-28(5)16-17-29(33)6/h7-8,11-21,26,34-37,46H,1-2,9-10,22-25,27H2,3-6H3/t34-,35+,36+,37?,41-,42?/m1/s1. The number of amides is 3.